The second-order valence-electron chi connectivity index (χ2n) is 8.09. The Morgan fingerprint density at radius 1 is 1.29 bits per heavy atom. The van der Waals surface area contributed by atoms with E-state index < -0.39 is 0 Å². The Balaban J connectivity index is 1.74. The largest absolute Gasteiger partial charge is 0.385 e. The molecule has 1 atom stereocenters. The number of rotatable bonds is 9. The first-order valence-corrected chi connectivity index (χ1v) is 9.76. The van der Waals surface area contributed by atoms with Crippen molar-refractivity contribution in [1.29, 1.82) is 0 Å². The maximum Gasteiger partial charge on any atom is 0.191 e. The Morgan fingerprint density at radius 2 is 2.08 bits per heavy atom. The Bertz CT molecular complexity index is 393. The van der Waals surface area contributed by atoms with E-state index in [0.29, 0.717) is 11.5 Å². The van der Waals surface area contributed by atoms with Gasteiger partial charge in [0.15, 0.2) is 5.96 Å². The topological polar surface area (TPSA) is 48.9 Å². The minimum atomic E-state index is 0.421. The normalized spacial score (nSPS) is 24.2. The Hall–Kier alpha value is -0.810. The zero-order valence-electron chi connectivity index (χ0n) is 16.2. The predicted octanol–water partition coefficient (Wildman–Crippen LogP) is 2.48. The van der Waals surface area contributed by atoms with Crippen molar-refractivity contribution in [2.24, 2.45) is 16.3 Å². The van der Waals surface area contributed by atoms with Gasteiger partial charge in [-0.2, -0.15) is 0 Å². The number of aliphatic imine (C=N–C) groups is 1. The standard InChI is InChI=1S/C19H38N4O/c1-16(2)14-23-11-5-7-17(23)13-21-18(20-3)22-15-19(8-6-9-19)10-12-24-4/h16-17H,5-15H2,1-4H3,(H2,20,21,22)/t17-/m1/s1. The Labute approximate surface area is 148 Å². The monoisotopic (exact) mass is 338 g/mol. The minimum absolute atomic E-state index is 0.421. The molecule has 24 heavy (non-hydrogen) atoms. The zero-order chi connectivity index (χ0) is 17.4. The quantitative estimate of drug-likeness (QED) is 0.501. The van der Waals surface area contributed by atoms with Crippen LogP contribution in [0.1, 0.15) is 52.4 Å². The maximum absolute atomic E-state index is 5.29. The molecule has 2 fully saturated rings. The molecule has 1 saturated heterocycles. The summed E-state index contributed by atoms with van der Waals surface area (Å²) >= 11 is 0. The van der Waals surface area contributed by atoms with Crippen LogP contribution in [0.3, 0.4) is 0 Å². The maximum atomic E-state index is 5.29. The molecule has 0 amide bonds. The van der Waals surface area contributed by atoms with Crippen molar-refractivity contribution in [2.45, 2.75) is 58.4 Å². The highest BCUT2D eigenvalue weighted by atomic mass is 16.5. The fraction of sp³-hybridized carbons (Fsp3) is 0.947. The van der Waals surface area contributed by atoms with Gasteiger partial charge in [-0.25, -0.2) is 0 Å². The van der Waals surface area contributed by atoms with Gasteiger partial charge in [0, 0.05) is 46.4 Å². The van der Waals surface area contributed by atoms with Gasteiger partial charge in [-0.05, 0) is 50.0 Å². The van der Waals surface area contributed by atoms with E-state index in [1.165, 1.54) is 45.2 Å². The number of hydrogen-bond donors (Lipinski definition) is 2. The number of likely N-dealkylation sites (tertiary alicyclic amines) is 1. The van der Waals surface area contributed by atoms with Gasteiger partial charge in [0.05, 0.1) is 0 Å². The van der Waals surface area contributed by atoms with Gasteiger partial charge in [0.1, 0.15) is 0 Å². The predicted molar refractivity (Wildman–Crippen MR) is 102 cm³/mol. The average molecular weight is 339 g/mol. The summed E-state index contributed by atoms with van der Waals surface area (Å²) < 4.78 is 5.29. The van der Waals surface area contributed by atoms with E-state index in [9.17, 15) is 0 Å². The molecule has 2 rings (SSSR count). The molecule has 140 valence electrons. The lowest BCUT2D eigenvalue weighted by Crippen LogP contribution is -2.49. The van der Waals surface area contributed by atoms with E-state index in [1.54, 1.807) is 7.11 Å². The van der Waals surface area contributed by atoms with Crippen LogP contribution in [0.25, 0.3) is 0 Å². The third kappa shape index (κ3) is 5.62. The van der Waals surface area contributed by atoms with Crippen LogP contribution >= 0.6 is 0 Å². The molecule has 0 bridgehead atoms. The molecular formula is C19H38N4O. The highest BCUT2D eigenvalue weighted by Crippen LogP contribution is 2.43. The lowest BCUT2D eigenvalue weighted by Gasteiger charge is -2.42. The summed E-state index contributed by atoms with van der Waals surface area (Å²) in [7, 11) is 3.67. The lowest BCUT2D eigenvalue weighted by molar-refractivity contribution is 0.0732. The van der Waals surface area contributed by atoms with Crippen LogP contribution in [0.5, 0.6) is 0 Å². The van der Waals surface area contributed by atoms with Gasteiger partial charge in [-0.3, -0.25) is 9.89 Å². The number of nitrogens with one attached hydrogen (secondary N) is 2. The minimum Gasteiger partial charge on any atom is -0.385 e. The highest BCUT2D eigenvalue weighted by molar-refractivity contribution is 5.79. The van der Waals surface area contributed by atoms with E-state index in [2.05, 4.69) is 34.4 Å². The van der Waals surface area contributed by atoms with Gasteiger partial charge in [0.25, 0.3) is 0 Å². The van der Waals surface area contributed by atoms with E-state index in [-0.39, 0.29) is 0 Å². The fourth-order valence-corrected chi connectivity index (χ4v) is 4.05. The number of hydrogen-bond acceptors (Lipinski definition) is 3. The third-order valence-electron chi connectivity index (χ3n) is 5.71. The van der Waals surface area contributed by atoms with Crippen molar-refractivity contribution in [2.75, 3.05) is 46.9 Å². The van der Waals surface area contributed by atoms with Gasteiger partial charge >= 0.3 is 0 Å². The molecule has 2 aliphatic rings. The van der Waals surface area contributed by atoms with Gasteiger partial charge in [-0.1, -0.05) is 20.3 Å². The molecule has 2 N–H and O–H groups in total. The molecule has 0 aromatic carbocycles. The summed E-state index contributed by atoms with van der Waals surface area (Å²) in [5, 5.41) is 7.12. The third-order valence-corrected chi connectivity index (χ3v) is 5.71. The van der Waals surface area contributed by atoms with Crippen LogP contribution in [0, 0.1) is 11.3 Å². The number of nitrogens with zero attached hydrogens (tertiary/aromatic N) is 2. The van der Waals surface area contributed by atoms with Gasteiger partial charge in [-0.15, -0.1) is 0 Å². The molecule has 1 saturated carbocycles. The van der Waals surface area contributed by atoms with Crippen LogP contribution in [-0.4, -0.2) is 63.8 Å². The van der Waals surface area contributed by atoms with Crippen molar-refractivity contribution in [3.05, 3.63) is 0 Å². The molecule has 1 heterocycles. The first kappa shape index (κ1) is 19.5. The molecule has 0 unspecified atom stereocenters. The second kappa shape index (κ2) is 9.62. The molecule has 1 aliphatic carbocycles. The van der Waals surface area contributed by atoms with E-state index in [0.717, 1.165) is 38.0 Å². The first-order chi connectivity index (χ1) is 11.6. The van der Waals surface area contributed by atoms with E-state index >= 15 is 0 Å². The average Bonchev–Trinajstić information content (AvgIpc) is 2.95. The van der Waals surface area contributed by atoms with Gasteiger partial charge < -0.3 is 15.4 Å². The highest BCUT2D eigenvalue weighted by Gasteiger charge is 2.36. The first-order valence-electron chi connectivity index (χ1n) is 9.76. The lowest BCUT2D eigenvalue weighted by atomic mass is 9.67. The van der Waals surface area contributed by atoms with Crippen molar-refractivity contribution in [3.63, 3.8) is 0 Å². The van der Waals surface area contributed by atoms with Crippen LogP contribution in [0.15, 0.2) is 4.99 Å². The summed E-state index contributed by atoms with van der Waals surface area (Å²) in [5.74, 6) is 1.69. The molecule has 0 aromatic rings. The van der Waals surface area contributed by atoms with Crippen LogP contribution in [-0.2, 0) is 4.74 Å². The van der Waals surface area contributed by atoms with E-state index in [1.807, 2.05) is 7.05 Å². The van der Waals surface area contributed by atoms with Crippen molar-refractivity contribution < 1.29 is 4.74 Å². The number of methoxy groups -OCH3 is 1. The smallest absolute Gasteiger partial charge is 0.191 e. The molecule has 5 heteroatoms. The summed E-state index contributed by atoms with van der Waals surface area (Å²) in [6.07, 6.45) is 7.75. The fourth-order valence-electron chi connectivity index (χ4n) is 4.05. The van der Waals surface area contributed by atoms with Crippen molar-refractivity contribution in [1.82, 2.24) is 15.5 Å². The molecule has 1 aliphatic heterocycles. The molecule has 0 spiro atoms. The number of ether oxygens (including phenoxy) is 1. The van der Waals surface area contributed by atoms with Crippen LogP contribution in [0.2, 0.25) is 0 Å². The summed E-state index contributed by atoms with van der Waals surface area (Å²) in [4.78, 5) is 7.06. The van der Waals surface area contributed by atoms with Crippen molar-refractivity contribution >= 4 is 5.96 Å². The van der Waals surface area contributed by atoms with Crippen LogP contribution in [0.4, 0.5) is 0 Å². The summed E-state index contributed by atoms with van der Waals surface area (Å²) in [6.45, 7) is 9.94. The second-order valence-corrected chi connectivity index (χ2v) is 8.09. The van der Waals surface area contributed by atoms with Crippen LogP contribution < -0.4 is 10.6 Å². The molecular weight excluding hydrogens is 300 g/mol. The summed E-state index contributed by atoms with van der Waals surface area (Å²) in [5.41, 5.74) is 0.421. The SMILES string of the molecule is CN=C(NC[C@H]1CCCN1CC(C)C)NCC1(CCOC)CCC1. The van der Waals surface area contributed by atoms with Gasteiger partial charge in [0.2, 0.25) is 0 Å². The Morgan fingerprint density at radius 3 is 2.67 bits per heavy atom. The molecule has 0 aromatic heterocycles. The Kier molecular flexibility index (Phi) is 7.82. The zero-order valence-corrected chi connectivity index (χ0v) is 16.2. The molecule has 0 radical (unpaired) electrons. The van der Waals surface area contributed by atoms with E-state index in [4.69, 9.17) is 4.74 Å². The van der Waals surface area contributed by atoms with Crippen molar-refractivity contribution in [3.8, 4) is 0 Å². The number of guanidine groups is 1. The molecule has 5 nitrogen and oxygen atoms in total. The summed E-state index contributed by atoms with van der Waals surface area (Å²) in [6, 6.07) is 0.650.